The van der Waals surface area contributed by atoms with Gasteiger partial charge in [-0.1, -0.05) is 32.0 Å². The third-order valence-electron chi connectivity index (χ3n) is 3.70. The molecule has 3 rings (SSSR count). The molecular formula is C16H20N4O. The van der Waals surface area contributed by atoms with Gasteiger partial charge in [0.15, 0.2) is 5.82 Å². The van der Waals surface area contributed by atoms with Gasteiger partial charge in [-0.05, 0) is 6.07 Å². The van der Waals surface area contributed by atoms with Gasteiger partial charge in [0, 0.05) is 23.8 Å². The Morgan fingerprint density at radius 1 is 1.19 bits per heavy atom. The molecule has 3 aromatic rings. The van der Waals surface area contributed by atoms with Crippen LogP contribution in [0.2, 0.25) is 0 Å². The molecule has 0 saturated heterocycles. The second-order valence-electron chi connectivity index (χ2n) is 5.01. The number of furan rings is 1. The molecule has 2 heterocycles. The van der Waals surface area contributed by atoms with E-state index in [1.165, 1.54) is 0 Å². The van der Waals surface area contributed by atoms with E-state index in [9.17, 15) is 0 Å². The molecule has 110 valence electrons. The average Bonchev–Trinajstić information content (AvgIpc) is 3.09. The highest BCUT2D eigenvalue weighted by Crippen LogP contribution is 2.26. The lowest BCUT2D eigenvalue weighted by atomic mass is 10.1. The molecule has 0 atom stereocenters. The zero-order valence-electron chi connectivity index (χ0n) is 12.5. The Bertz CT molecular complexity index is 757. The van der Waals surface area contributed by atoms with Crippen LogP contribution in [0.3, 0.4) is 0 Å². The molecule has 21 heavy (non-hydrogen) atoms. The summed E-state index contributed by atoms with van der Waals surface area (Å²) < 4.78 is 7.81. The third-order valence-corrected chi connectivity index (χ3v) is 3.70. The molecule has 2 N–H and O–H groups in total. The van der Waals surface area contributed by atoms with Crippen molar-refractivity contribution in [1.29, 1.82) is 0 Å². The SMILES string of the molecule is CCc1nc(CC)n(Cc2c(CN)oc3ccccc23)n1. The molecule has 0 aliphatic heterocycles. The van der Waals surface area contributed by atoms with Gasteiger partial charge in [-0.2, -0.15) is 5.10 Å². The number of hydrogen-bond acceptors (Lipinski definition) is 4. The lowest BCUT2D eigenvalue weighted by Crippen LogP contribution is -2.09. The predicted octanol–water partition coefficient (Wildman–Crippen LogP) is 2.66. The van der Waals surface area contributed by atoms with Crippen molar-refractivity contribution in [2.45, 2.75) is 39.8 Å². The minimum absolute atomic E-state index is 0.390. The highest BCUT2D eigenvalue weighted by atomic mass is 16.3. The van der Waals surface area contributed by atoms with Crippen LogP contribution in [0.1, 0.15) is 36.8 Å². The molecule has 0 fully saturated rings. The fourth-order valence-electron chi connectivity index (χ4n) is 2.60. The Balaban J connectivity index is 2.07. The van der Waals surface area contributed by atoms with E-state index in [1.54, 1.807) is 0 Å². The summed E-state index contributed by atoms with van der Waals surface area (Å²) in [5.74, 6) is 2.71. The van der Waals surface area contributed by atoms with Gasteiger partial charge in [0.1, 0.15) is 17.2 Å². The number of aromatic nitrogens is 3. The molecule has 0 spiro atoms. The molecule has 0 aliphatic carbocycles. The van der Waals surface area contributed by atoms with Crippen LogP contribution in [0, 0.1) is 0 Å². The van der Waals surface area contributed by atoms with E-state index in [0.717, 1.165) is 46.8 Å². The maximum absolute atomic E-state index is 5.84. The van der Waals surface area contributed by atoms with Crippen LogP contribution < -0.4 is 5.73 Å². The molecule has 1 aromatic carbocycles. The first kappa shape index (κ1) is 13.8. The van der Waals surface area contributed by atoms with Gasteiger partial charge in [0.2, 0.25) is 0 Å². The summed E-state index contributed by atoms with van der Waals surface area (Å²) >= 11 is 0. The molecule has 0 amide bonds. The lowest BCUT2D eigenvalue weighted by molar-refractivity contribution is 0.535. The van der Waals surface area contributed by atoms with Crippen molar-refractivity contribution in [2.75, 3.05) is 0 Å². The smallest absolute Gasteiger partial charge is 0.150 e. The molecule has 0 bridgehead atoms. The summed E-state index contributed by atoms with van der Waals surface area (Å²) in [6.45, 7) is 5.20. The monoisotopic (exact) mass is 284 g/mol. The zero-order chi connectivity index (χ0) is 14.8. The Morgan fingerprint density at radius 3 is 2.71 bits per heavy atom. The molecule has 0 saturated carbocycles. The highest BCUT2D eigenvalue weighted by molar-refractivity contribution is 5.82. The fraction of sp³-hybridized carbons (Fsp3) is 0.375. The number of nitrogens with two attached hydrogens (primary N) is 1. The average molecular weight is 284 g/mol. The van der Waals surface area contributed by atoms with Crippen molar-refractivity contribution in [1.82, 2.24) is 14.8 Å². The van der Waals surface area contributed by atoms with E-state index in [2.05, 4.69) is 30.0 Å². The van der Waals surface area contributed by atoms with Crippen molar-refractivity contribution in [3.05, 3.63) is 47.2 Å². The first-order valence-electron chi connectivity index (χ1n) is 7.38. The van der Waals surface area contributed by atoms with Crippen molar-refractivity contribution in [3.63, 3.8) is 0 Å². The Labute approximate surface area is 123 Å². The number of rotatable bonds is 5. The molecule has 5 heteroatoms. The maximum Gasteiger partial charge on any atom is 0.150 e. The van der Waals surface area contributed by atoms with Gasteiger partial charge in [0.25, 0.3) is 0 Å². The molecule has 0 radical (unpaired) electrons. The number of aryl methyl sites for hydroxylation is 2. The van der Waals surface area contributed by atoms with Crippen LogP contribution >= 0.6 is 0 Å². The predicted molar refractivity (Wildman–Crippen MR) is 82.0 cm³/mol. The molecule has 5 nitrogen and oxygen atoms in total. The Kier molecular flexibility index (Phi) is 3.75. The highest BCUT2D eigenvalue weighted by Gasteiger charge is 2.16. The summed E-state index contributed by atoms with van der Waals surface area (Å²) in [6, 6.07) is 8.02. The normalized spacial score (nSPS) is 11.4. The van der Waals surface area contributed by atoms with E-state index in [4.69, 9.17) is 10.2 Å². The first-order valence-corrected chi connectivity index (χ1v) is 7.38. The number of hydrogen-bond donors (Lipinski definition) is 1. The fourth-order valence-corrected chi connectivity index (χ4v) is 2.60. The van der Waals surface area contributed by atoms with Gasteiger partial charge >= 0.3 is 0 Å². The molecular weight excluding hydrogens is 264 g/mol. The largest absolute Gasteiger partial charge is 0.459 e. The van der Waals surface area contributed by atoms with Gasteiger partial charge in [0.05, 0.1) is 13.1 Å². The van der Waals surface area contributed by atoms with Crippen molar-refractivity contribution in [2.24, 2.45) is 5.73 Å². The molecule has 0 aliphatic rings. The first-order chi connectivity index (χ1) is 10.3. The quantitative estimate of drug-likeness (QED) is 0.782. The van der Waals surface area contributed by atoms with E-state index in [0.29, 0.717) is 13.1 Å². The summed E-state index contributed by atoms with van der Waals surface area (Å²) in [5.41, 5.74) is 7.81. The second kappa shape index (κ2) is 5.69. The van der Waals surface area contributed by atoms with Crippen molar-refractivity contribution < 1.29 is 4.42 Å². The van der Waals surface area contributed by atoms with Gasteiger partial charge in [-0.3, -0.25) is 0 Å². The third kappa shape index (κ3) is 2.45. The van der Waals surface area contributed by atoms with E-state index in [-0.39, 0.29) is 0 Å². The standard InChI is InChI=1S/C16H20N4O/c1-3-15-18-16(4-2)20(19-15)10-12-11-7-5-6-8-13(11)21-14(12)9-17/h5-8H,3-4,9-10,17H2,1-2H3. The summed E-state index contributed by atoms with van der Waals surface area (Å²) in [7, 11) is 0. The Morgan fingerprint density at radius 2 is 2.00 bits per heavy atom. The zero-order valence-corrected chi connectivity index (χ0v) is 12.5. The van der Waals surface area contributed by atoms with Crippen molar-refractivity contribution >= 4 is 11.0 Å². The van der Waals surface area contributed by atoms with Crippen LogP contribution in [0.4, 0.5) is 0 Å². The maximum atomic E-state index is 5.84. The van der Waals surface area contributed by atoms with Gasteiger partial charge in [-0.25, -0.2) is 9.67 Å². The van der Waals surface area contributed by atoms with Gasteiger partial charge in [-0.15, -0.1) is 0 Å². The number of fused-ring (bicyclic) bond motifs is 1. The number of para-hydroxylation sites is 1. The lowest BCUT2D eigenvalue weighted by Gasteiger charge is -2.05. The summed E-state index contributed by atoms with van der Waals surface area (Å²) in [5, 5.41) is 5.68. The van der Waals surface area contributed by atoms with Gasteiger partial charge < -0.3 is 10.2 Å². The number of nitrogens with zero attached hydrogens (tertiary/aromatic N) is 3. The topological polar surface area (TPSA) is 69.9 Å². The van der Waals surface area contributed by atoms with E-state index < -0.39 is 0 Å². The van der Waals surface area contributed by atoms with Crippen molar-refractivity contribution in [3.8, 4) is 0 Å². The van der Waals surface area contributed by atoms with E-state index >= 15 is 0 Å². The van der Waals surface area contributed by atoms with E-state index in [1.807, 2.05) is 22.9 Å². The van der Waals surface area contributed by atoms with Crippen LogP contribution in [-0.4, -0.2) is 14.8 Å². The van der Waals surface area contributed by atoms with Crippen LogP contribution in [0.25, 0.3) is 11.0 Å². The number of benzene rings is 1. The van der Waals surface area contributed by atoms with Crippen LogP contribution in [0.5, 0.6) is 0 Å². The summed E-state index contributed by atoms with van der Waals surface area (Å²) in [6.07, 6.45) is 1.70. The van der Waals surface area contributed by atoms with Crippen LogP contribution in [0.15, 0.2) is 28.7 Å². The minimum Gasteiger partial charge on any atom is -0.459 e. The molecule has 2 aromatic heterocycles. The summed E-state index contributed by atoms with van der Waals surface area (Å²) in [4.78, 5) is 4.55. The minimum atomic E-state index is 0.390. The molecule has 0 unspecified atom stereocenters. The Hall–Kier alpha value is -2.14. The second-order valence-corrected chi connectivity index (χ2v) is 5.01. The van der Waals surface area contributed by atoms with Crippen LogP contribution in [-0.2, 0) is 25.9 Å².